The molecule has 0 saturated heterocycles. The van der Waals surface area contributed by atoms with Crippen LogP contribution in [0.1, 0.15) is 12.5 Å². The first-order chi connectivity index (χ1) is 7.12. The Balaban J connectivity index is 2.48. The number of nitrogens with zero attached hydrogens (tertiary/aromatic N) is 3. The molecule has 1 unspecified atom stereocenters. The van der Waals surface area contributed by atoms with Gasteiger partial charge in [-0.05, 0) is 13.0 Å². The van der Waals surface area contributed by atoms with Crippen molar-refractivity contribution in [3.63, 3.8) is 0 Å². The molecule has 0 radical (unpaired) electrons. The van der Waals surface area contributed by atoms with Gasteiger partial charge in [0, 0.05) is 24.0 Å². The number of rotatable bonds is 2. The van der Waals surface area contributed by atoms with Crippen molar-refractivity contribution >= 4 is 5.82 Å². The van der Waals surface area contributed by atoms with Gasteiger partial charge in [0.15, 0.2) is 5.72 Å². The zero-order chi connectivity index (χ0) is 10.9. The maximum Gasteiger partial charge on any atom is 0.184 e. The summed E-state index contributed by atoms with van der Waals surface area (Å²) in [4.78, 5) is 3.95. The van der Waals surface area contributed by atoms with Gasteiger partial charge in [0.1, 0.15) is 5.82 Å². The van der Waals surface area contributed by atoms with E-state index in [1.165, 1.54) is 4.68 Å². The van der Waals surface area contributed by atoms with Crippen LogP contribution in [0, 0.1) is 0 Å². The van der Waals surface area contributed by atoms with Crippen LogP contribution in [-0.4, -0.2) is 19.9 Å². The molecule has 2 aromatic rings. The molecule has 5 nitrogen and oxygen atoms in total. The number of aliphatic hydroxyl groups is 1. The molecule has 2 rings (SSSR count). The van der Waals surface area contributed by atoms with E-state index < -0.39 is 5.72 Å². The lowest BCUT2D eigenvalue weighted by molar-refractivity contribution is 0.0149. The molecule has 0 aromatic carbocycles. The molecule has 0 spiro atoms. The van der Waals surface area contributed by atoms with E-state index in [0.29, 0.717) is 11.4 Å². The molecule has 78 valence electrons. The summed E-state index contributed by atoms with van der Waals surface area (Å²) >= 11 is 0. The predicted octanol–water partition coefficient (Wildman–Crippen LogP) is 0.574. The van der Waals surface area contributed by atoms with Gasteiger partial charge in [0.2, 0.25) is 0 Å². The van der Waals surface area contributed by atoms with Gasteiger partial charge in [-0.1, -0.05) is 6.07 Å². The number of hydrogen-bond acceptors (Lipinski definition) is 4. The Morgan fingerprint density at radius 1 is 1.40 bits per heavy atom. The second-order valence-electron chi connectivity index (χ2n) is 3.43. The summed E-state index contributed by atoms with van der Waals surface area (Å²) in [7, 11) is 0. The summed E-state index contributed by atoms with van der Waals surface area (Å²) < 4.78 is 1.35. The zero-order valence-corrected chi connectivity index (χ0v) is 8.33. The van der Waals surface area contributed by atoms with E-state index in [0.717, 1.165) is 0 Å². The average molecular weight is 204 g/mol. The SMILES string of the molecule is CC(O)(c1cccnc1)n1nccc1N. The van der Waals surface area contributed by atoms with E-state index >= 15 is 0 Å². The number of aromatic nitrogens is 3. The van der Waals surface area contributed by atoms with Crippen LogP contribution in [0.3, 0.4) is 0 Å². The molecule has 1 atom stereocenters. The molecular formula is C10H12N4O. The molecule has 2 heterocycles. The second-order valence-corrected chi connectivity index (χ2v) is 3.43. The molecule has 2 aromatic heterocycles. The van der Waals surface area contributed by atoms with Crippen molar-refractivity contribution in [3.05, 3.63) is 42.4 Å². The van der Waals surface area contributed by atoms with Gasteiger partial charge in [-0.15, -0.1) is 0 Å². The number of anilines is 1. The van der Waals surface area contributed by atoms with Crippen LogP contribution in [0.15, 0.2) is 36.8 Å². The summed E-state index contributed by atoms with van der Waals surface area (Å²) in [6, 6.07) is 5.16. The normalized spacial score (nSPS) is 14.8. The van der Waals surface area contributed by atoms with E-state index in [4.69, 9.17) is 5.73 Å². The minimum absolute atomic E-state index is 0.406. The third-order valence-electron chi connectivity index (χ3n) is 2.29. The Kier molecular flexibility index (Phi) is 2.17. The lowest BCUT2D eigenvalue weighted by Gasteiger charge is -2.24. The van der Waals surface area contributed by atoms with Gasteiger partial charge < -0.3 is 10.8 Å². The van der Waals surface area contributed by atoms with Gasteiger partial charge in [-0.3, -0.25) is 4.98 Å². The predicted molar refractivity (Wildman–Crippen MR) is 55.8 cm³/mol. The highest BCUT2D eigenvalue weighted by Crippen LogP contribution is 2.23. The van der Waals surface area contributed by atoms with Gasteiger partial charge >= 0.3 is 0 Å². The fraction of sp³-hybridized carbons (Fsp3) is 0.200. The van der Waals surface area contributed by atoms with Crippen LogP contribution in [0.5, 0.6) is 0 Å². The van der Waals surface area contributed by atoms with Crippen molar-refractivity contribution in [1.82, 2.24) is 14.8 Å². The lowest BCUT2D eigenvalue weighted by atomic mass is 10.1. The smallest absolute Gasteiger partial charge is 0.184 e. The van der Waals surface area contributed by atoms with Crippen molar-refractivity contribution in [2.45, 2.75) is 12.6 Å². The fourth-order valence-corrected chi connectivity index (χ4v) is 1.44. The molecule has 0 fully saturated rings. The van der Waals surface area contributed by atoms with Crippen LogP contribution >= 0.6 is 0 Å². The van der Waals surface area contributed by atoms with Crippen molar-refractivity contribution in [2.24, 2.45) is 0 Å². The maximum atomic E-state index is 10.3. The second kappa shape index (κ2) is 3.36. The highest BCUT2D eigenvalue weighted by Gasteiger charge is 2.27. The molecule has 0 aliphatic heterocycles. The van der Waals surface area contributed by atoms with Crippen LogP contribution in [0.4, 0.5) is 5.82 Å². The van der Waals surface area contributed by atoms with Gasteiger partial charge in [0.05, 0.1) is 6.20 Å². The topological polar surface area (TPSA) is 77.0 Å². The van der Waals surface area contributed by atoms with E-state index in [9.17, 15) is 5.11 Å². The minimum atomic E-state index is -1.28. The Morgan fingerprint density at radius 3 is 2.73 bits per heavy atom. The van der Waals surface area contributed by atoms with Crippen molar-refractivity contribution in [2.75, 3.05) is 5.73 Å². The molecule has 0 aliphatic carbocycles. The Bertz CT molecular complexity index is 449. The number of nitrogens with two attached hydrogens (primary N) is 1. The van der Waals surface area contributed by atoms with Crippen LogP contribution in [0.25, 0.3) is 0 Å². The third kappa shape index (κ3) is 1.57. The largest absolute Gasteiger partial charge is 0.384 e. The summed E-state index contributed by atoms with van der Waals surface area (Å²) in [5.74, 6) is 0.406. The number of nitrogen functional groups attached to an aromatic ring is 1. The molecule has 0 saturated carbocycles. The maximum absolute atomic E-state index is 10.3. The number of hydrogen-bond donors (Lipinski definition) is 2. The van der Waals surface area contributed by atoms with Crippen molar-refractivity contribution in [1.29, 1.82) is 0 Å². The monoisotopic (exact) mass is 204 g/mol. The molecule has 5 heteroatoms. The highest BCUT2D eigenvalue weighted by molar-refractivity contribution is 5.30. The van der Waals surface area contributed by atoms with Crippen molar-refractivity contribution in [3.8, 4) is 0 Å². The van der Waals surface area contributed by atoms with E-state index in [1.54, 1.807) is 43.7 Å². The summed E-state index contributed by atoms with van der Waals surface area (Å²) in [6.07, 6.45) is 4.77. The van der Waals surface area contributed by atoms with Gasteiger partial charge in [-0.25, -0.2) is 4.68 Å². The molecule has 3 N–H and O–H groups in total. The summed E-state index contributed by atoms with van der Waals surface area (Å²) in [5, 5.41) is 14.3. The van der Waals surface area contributed by atoms with E-state index in [1.807, 2.05) is 0 Å². The van der Waals surface area contributed by atoms with Crippen molar-refractivity contribution < 1.29 is 5.11 Å². The quantitative estimate of drug-likeness (QED) is 0.749. The average Bonchev–Trinajstić information content (AvgIpc) is 2.66. The summed E-state index contributed by atoms with van der Waals surface area (Å²) in [5.41, 5.74) is 5.05. The first kappa shape index (κ1) is 9.67. The lowest BCUT2D eigenvalue weighted by Crippen LogP contribution is -2.33. The third-order valence-corrected chi connectivity index (χ3v) is 2.29. The molecule has 15 heavy (non-hydrogen) atoms. The first-order valence-corrected chi connectivity index (χ1v) is 4.55. The van der Waals surface area contributed by atoms with E-state index in [-0.39, 0.29) is 0 Å². The minimum Gasteiger partial charge on any atom is -0.384 e. The Labute approximate surface area is 87.2 Å². The fourth-order valence-electron chi connectivity index (χ4n) is 1.44. The van der Waals surface area contributed by atoms with Gasteiger partial charge in [0.25, 0.3) is 0 Å². The summed E-state index contributed by atoms with van der Waals surface area (Å²) in [6.45, 7) is 1.62. The molecule has 0 aliphatic rings. The van der Waals surface area contributed by atoms with E-state index in [2.05, 4.69) is 10.1 Å². The van der Waals surface area contributed by atoms with Gasteiger partial charge in [-0.2, -0.15) is 5.10 Å². The number of pyridine rings is 1. The van der Waals surface area contributed by atoms with Crippen LogP contribution in [-0.2, 0) is 5.72 Å². The standard InChI is InChI=1S/C10H12N4O/c1-10(15,8-3-2-5-12-7-8)14-9(11)4-6-13-14/h2-7,15H,11H2,1H3. The Hall–Kier alpha value is -1.88. The molecule has 0 amide bonds. The highest BCUT2D eigenvalue weighted by atomic mass is 16.3. The zero-order valence-electron chi connectivity index (χ0n) is 8.33. The molecular weight excluding hydrogens is 192 g/mol. The Morgan fingerprint density at radius 2 is 2.20 bits per heavy atom. The van der Waals surface area contributed by atoms with Crippen LogP contribution < -0.4 is 5.73 Å². The molecule has 0 bridgehead atoms. The first-order valence-electron chi connectivity index (χ1n) is 4.55. The van der Waals surface area contributed by atoms with Crippen LogP contribution in [0.2, 0.25) is 0 Å².